The number of esters is 1. The summed E-state index contributed by atoms with van der Waals surface area (Å²) in [5.41, 5.74) is -1.13. The predicted molar refractivity (Wildman–Crippen MR) is 78.1 cm³/mol. The van der Waals surface area contributed by atoms with Crippen molar-refractivity contribution in [1.82, 2.24) is 5.32 Å². The average Bonchev–Trinajstić information content (AvgIpc) is 2.30. The second kappa shape index (κ2) is 6.80. The molecule has 116 valence electrons. The van der Waals surface area contributed by atoms with E-state index in [9.17, 15) is 18.0 Å². The number of carbonyl (C=O) groups is 2. The van der Waals surface area contributed by atoms with Crippen LogP contribution < -0.4 is 5.32 Å². The van der Waals surface area contributed by atoms with Crippen molar-refractivity contribution >= 4 is 33.5 Å². The number of hydrogen-bond acceptors (Lipinski definition) is 5. The van der Waals surface area contributed by atoms with E-state index in [1.807, 2.05) is 0 Å². The van der Waals surface area contributed by atoms with E-state index in [-0.39, 0.29) is 18.2 Å². The lowest BCUT2D eigenvalue weighted by atomic mass is 9.94. The van der Waals surface area contributed by atoms with Gasteiger partial charge < -0.3 is 10.1 Å². The molecule has 0 radical (unpaired) electrons. The van der Waals surface area contributed by atoms with Crippen molar-refractivity contribution in [2.75, 3.05) is 24.0 Å². The fourth-order valence-electron chi connectivity index (χ4n) is 2.04. The van der Waals surface area contributed by atoms with E-state index in [1.165, 1.54) is 0 Å². The molecule has 1 N–H and O–H groups in total. The number of carbonyl (C=O) groups excluding carboxylic acids is 2. The van der Waals surface area contributed by atoms with Crippen LogP contribution in [0.2, 0.25) is 0 Å². The van der Waals surface area contributed by atoms with Crippen LogP contribution >= 0.6 is 0 Å². The summed E-state index contributed by atoms with van der Waals surface area (Å²) < 4.78 is 27.5. The molecular weight excluding hydrogens is 302 g/mol. The average molecular weight is 323 g/mol. The molecular formula is C12H21NO5S2. The molecule has 1 rings (SSSR count). The van der Waals surface area contributed by atoms with Crippen LogP contribution in [0.4, 0.5) is 0 Å². The Balaban J connectivity index is 2.75. The Hall–Kier alpha value is -0.760. The van der Waals surface area contributed by atoms with Crippen LogP contribution in [0.3, 0.4) is 0 Å². The highest BCUT2D eigenvalue weighted by Gasteiger charge is 2.46. The fraction of sp³-hybridized carbons (Fsp3) is 0.833. The Bertz CT molecular complexity index is 453. The molecule has 6 nitrogen and oxygen atoms in total. The van der Waals surface area contributed by atoms with Crippen LogP contribution in [0.25, 0.3) is 0 Å². The molecule has 0 aromatic heterocycles. The fourth-order valence-corrected chi connectivity index (χ4v) is 3.65. The van der Waals surface area contributed by atoms with Crippen LogP contribution in [-0.4, -0.2) is 56.0 Å². The molecule has 20 heavy (non-hydrogen) atoms. The maximum atomic E-state index is 12.1. The molecule has 0 bridgehead atoms. The van der Waals surface area contributed by atoms with Crippen LogP contribution in [0.5, 0.6) is 0 Å². The number of cyclic esters (lactones) is 1. The van der Waals surface area contributed by atoms with Crippen molar-refractivity contribution in [2.45, 2.75) is 31.9 Å². The smallest absolute Gasteiger partial charge is 0.332 e. The van der Waals surface area contributed by atoms with Crippen LogP contribution in [0.15, 0.2) is 0 Å². The molecule has 0 aromatic carbocycles. The van der Waals surface area contributed by atoms with E-state index < -0.39 is 39.2 Å². The van der Waals surface area contributed by atoms with Gasteiger partial charge in [-0.3, -0.25) is 13.2 Å². The highest BCUT2D eigenvalue weighted by Crippen LogP contribution is 2.23. The predicted octanol–water partition coefficient (Wildman–Crippen LogP) is -0.430. The summed E-state index contributed by atoms with van der Waals surface area (Å²) in [6.07, 6.45) is 2.44. The number of amides is 1. The van der Waals surface area contributed by atoms with Gasteiger partial charge in [0.2, 0.25) is 0 Å². The molecule has 1 heterocycles. The summed E-state index contributed by atoms with van der Waals surface area (Å²) in [6, 6.07) is 0. The van der Waals surface area contributed by atoms with Crippen molar-refractivity contribution in [3.05, 3.63) is 0 Å². The highest BCUT2D eigenvalue weighted by atomic mass is 32.2. The lowest BCUT2D eigenvalue weighted by Gasteiger charge is -2.37. The topological polar surface area (TPSA) is 89.5 Å². The van der Waals surface area contributed by atoms with E-state index >= 15 is 0 Å². The Morgan fingerprint density at radius 2 is 1.90 bits per heavy atom. The van der Waals surface area contributed by atoms with E-state index in [2.05, 4.69) is 5.32 Å². The Kier molecular flexibility index (Phi) is 5.88. The van der Waals surface area contributed by atoms with Gasteiger partial charge in [-0.05, 0) is 13.3 Å². The summed E-state index contributed by atoms with van der Waals surface area (Å²) >= 11 is 0. The van der Waals surface area contributed by atoms with Crippen LogP contribution in [0.1, 0.15) is 20.3 Å². The van der Waals surface area contributed by atoms with Crippen molar-refractivity contribution in [1.29, 1.82) is 0 Å². The zero-order valence-electron chi connectivity index (χ0n) is 12.1. The molecule has 0 saturated carbocycles. The molecule has 3 unspecified atom stereocenters. The lowest BCUT2D eigenvalue weighted by Crippen LogP contribution is -2.63. The molecule has 0 aromatic rings. The first kappa shape index (κ1) is 17.3. The van der Waals surface area contributed by atoms with Crippen molar-refractivity contribution < 1.29 is 22.7 Å². The summed E-state index contributed by atoms with van der Waals surface area (Å²) in [5, 5.41) is 2.66. The largest absolute Gasteiger partial charge is 0.450 e. The first-order valence-corrected chi connectivity index (χ1v) is 9.74. The zero-order valence-corrected chi connectivity index (χ0v) is 13.8. The molecule has 0 aliphatic carbocycles. The van der Waals surface area contributed by atoms with Gasteiger partial charge in [0.25, 0.3) is 5.91 Å². The van der Waals surface area contributed by atoms with Gasteiger partial charge in [-0.1, -0.05) is 6.92 Å². The molecule has 1 aliphatic heterocycles. The quantitative estimate of drug-likeness (QED) is 0.670. The maximum absolute atomic E-state index is 12.1. The van der Waals surface area contributed by atoms with Crippen molar-refractivity contribution in [3.63, 3.8) is 0 Å². The van der Waals surface area contributed by atoms with Gasteiger partial charge in [-0.2, -0.15) is 0 Å². The number of ether oxygens (including phenoxy) is 1. The maximum Gasteiger partial charge on any atom is 0.332 e. The third-order valence-electron chi connectivity index (χ3n) is 3.25. The lowest BCUT2D eigenvalue weighted by molar-refractivity contribution is -0.174. The molecule has 1 saturated heterocycles. The standard InChI is InChI=1S/C12H21NO5S2/c1-8(7-20(4)17)9-10(14)13-12(2,11(15)18-9)5-6-19(3)16/h8-9H,5-7H2,1-4H3,(H,13,14)/t8-,9+,12?,19?,20?/m0/s1. The Morgan fingerprint density at radius 3 is 2.40 bits per heavy atom. The minimum Gasteiger partial charge on any atom is -0.450 e. The first-order chi connectivity index (χ1) is 9.15. The highest BCUT2D eigenvalue weighted by molar-refractivity contribution is 7.84. The van der Waals surface area contributed by atoms with Gasteiger partial charge in [0.15, 0.2) is 6.10 Å². The van der Waals surface area contributed by atoms with Gasteiger partial charge in [0.05, 0.1) is 0 Å². The normalized spacial score (nSPS) is 31.1. The molecule has 8 heteroatoms. The van der Waals surface area contributed by atoms with E-state index in [0.29, 0.717) is 11.5 Å². The van der Waals surface area contributed by atoms with Gasteiger partial charge in [-0.25, -0.2) is 4.79 Å². The van der Waals surface area contributed by atoms with Gasteiger partial charge >= 0.3 is 5.97 Å². The number of rotatable bonds is 6. The van der Waals surface area contributed by atoms with Crippen LogP contribution in [0, 0.1) is 5.92 Å². The summed E-state index contributed by atoms with van der Waals surface area (Å²) in [7, 11) is -2.11. The van der Waals surface area contributed by atoms with Crippen molar-refractivity contribution in [2.24, 2.45) is 5.92 Å². The van der Waals surface area contributed by atoms with Crippen LogP contribution in [-0.2, 0) is 35.9 Å². The molecule has 1 aliphatic rings. The Morgan fingerprint density at radius 1 is 1.30 bits per heavy atom. The number of nitrogens with one attached hydrogen (secondary N) is 1. The summed E-state index contributed by atoms with van der Waals surface area (Å²) in [4.78, 5) is 24.1. The second-order valence-electron chi connectivity index (χ2n) is 5.39. The zero-order chi connectivity index (χ0) is 15.5. The third-order valence-corrected chi connectivity index (χ3v) is 5.02. The number of morpholine rings is 1. The van der Waals surface area contributed by atoms with Gasteiger partial charge in [-0.15, -0.1) is 0 Å². The number of hydrogen-bond donors (Lipinski definition) is 1. The molecule has 5 atom stereocenters. The first-order valence-electron chi connectivity index (χ1n) is 6.29. The van der Waals surface area contributed by atoms with E-state index in [4.69, 9.17) is 4.74 Å². The second-order valence-corrected chi connectivity index (χ2v) is 8.43. The SMILES string of the molecule is C[C@@H](CS(C)=O)[C@H]1OC(=O)C(C)(CCS(C)=O)NC1=O. The Labute approximate surface area is 123 Å². The summed E-state index contributed by atoms with van der Waals surface area (Å²) in [5.74, 6) is -0.616. The minimum absolute atomic E-state index is 0.265. The third kappa shape index (κ3) is 4.37. The molecule has 1 fully saturated rings. The molecule has 0 spiro atoms. The van der Waals surface area contributed by atoms with Gasteiger partial charge in [0.1, 0.15) is 5.54 Å². The van der Waals surface area contributed by atoms with E-state index in [0.717, 1.165) is 0 Å². The van der Waals surface area contributed by atoms with Crippen molar-refractivity contribution in [3.8, 4) is 0 Å². The van der Waals surface area contributed by atoms with E-state index in [1.54, 1.807) is 26.4 Å². The minimum atomic E-state index is -1.13. The summed E-state index contributed by atoms with van der Waals surface area (Å²) in [6.45, 7) is 3.29. The monoisotopic (exact) mass is 323 g/mol. The molecule has 1 amide bonds. The van der Waals surface area contributed by atoms with Gasteiger partial charge in [0, 0.05) is 51.5 Å².